The zero-order valence-corrected chi connectivity index (χ0v) is 10.2. The lowest BCUT2D eigenvalue weighted by Gasteiger charge is -2.12. The summed E-state index contributed by atoms with van der Waals surface area (Å²) in [6.07, 6.45) is 1.87. The van der Waals surface area contributed by atoms with Gasteiger partial charge in [-0.1, -0.05) is 17.7 Å². The zero-order chi connectivity index (χ0) is 13.3. The van der Waals surface area contributed by atoms with Gasteiger partial charge in [0, 0.05) is 12.2 Å². The number of aryl methyl sites for hydroxylation is 1. The molecular formula is C11H9NO5S. The fourth-order valence-electron chi connectivity index (χ4n) is 1.31. The molecule has 6 nitrogen and oxygen atoms in total. The maximum atomic E-state index is 11.8. The van der Waals surface area contributed by atoms with Crippen molar-refractivity contribution in [1.29, 1.82) is 0 Å². The number of hydrogen-bond donors (Lipinski definition) is 0. The molecule has 0 saturated carbocycles. The van der Waals surface area contributed by atoms with Crippen LogP contribution in [0.25, 0.3) is 0 Å². The average Bonchev–Trinajstić information content (AvgIpc) is 2.61. The second kappa shape index (κ2) is 4.35. The molecule has 0 spiro atoms. The molecule has 1 aliphatic heterocycles. The van der Waals surface area contributed by atoms with Crippen LogP contribution in [0.4, 0.5) is 0 Å². The van der Waals surface area contributed by atoms with Crippen LogP contribution in [-0.2, 0) is 24.0 Å². The highest BCUT2D eigenvalue weighted by atomic mass is 32.2. The van der Waals surface area contributed by atoms with E-state index in [9.17, 15) is 18.0 Å². The van der Waals surface area contributed by atoms with Gasteiger partial charge in [-0.25, -0.2) is 0 Å². The summed E-state index contributed by atoms with van der Waals surface area (Å²) in [5.74, 6) is -1.65. The molecule has 1 aliphatic rings. The van der Waals surface area contributed by atoms with Gasteiger partial charge in [0.05, 0.1) is 4.90 Å². The summed E-state index contributed by atoms with van der Waals surface area (Å²) >= 11 is 0. The molecule has 0 radical (unpaired) electrons. The first kappa shape index (κ1) is 12.5. The SMILES string of the molecule is Cc1ccc(S(=O)(=O)ON2C(=O)C=CC2=O)cc1. The third kappa shape index (κ3) is 2.31. The van der Waals surface area contributed by atoms with E-state index in [4.69, 9.17) is 0 Å². The van der Waals surface area contributed by atoms with Crippen molar-refractivity contribution in [3.63, 3.8) is 0 Å². The Balaban J connectivity index is 2.25. The molecule has 94 valence electrons. The summed E-state index contributed by atoms with van der Waals surface area (Å²) in [5, 5.41) is 0.204. The number of hydrogen-bond acceptors (Lipinski definition) is 5. The van der Waals surface area contributed by atoms with E-state index < -0.39 is 21.9 Å². The van der Waals surface area contributed by atoms with Gasteiger partial charge in [-0.3, -0.25) is 9.59 Å². The number of rotatable bonds is 3. The standard InChI is InChI=1S/C11H9NO5S/c1-8-2-4-9(5-3-8)18(15,16)17-12-10(13)6-7-11(12)14/h2-7H,1H3. The molecule has 1 aromatic rings. The smallest absolute Gasteiger partial charge is 0.267 e. The number of carbonyl (C=O) groups is 2. The first-order valence-corrected chi connectivity index (χ1v) is 6.38. The molecule has 0 saturated heterocycles. The van der Waals surface area contributed by atoms with Crippen molar-refractivity contribution in [3.8, 4) is 0 Å². The van der Waals surface area contributed by atoms with Crippen LogP contribution in [0.3, 0.4) is 0 Å². The van der Waals surface area contributed by atoms with Crippen LogP contribution in [0.2, 0.25) is 0 Å². The third-order valence-corrected chi connectivity index (χ3v) is 3.45. The Bertz CT molecular complexity index is 612. The van der Waals surface area contributed by atoms with E-state index in [1.54, 1.807) is 19.1 Å². The number of imide groups is 1. The Labute approximate surface area is 104 Å². The van der Waals surface area contributed by atoms with Gasteiger partial charge in [0.1, 0.15) is 0 Å². The van der Waals surface area contributed by atoms with Crippen LogP contribution in [0.1, 0.15) is 5.56 Å². The van der Waals surface area contributed by atoms with Gasteiger partial charge < -0.3 is 0 Å². The van der Waals surface area contributed by atoms with Crippen molar-refractivity contribution in [2.45, 2.75) is 11.8 Å². The van der Waals surface area contributed by atoms with Gasteiger partial charge in [0.25, 0.3) is 11.8 Å². The Morgan fingerprint density at radius 1 is 1.00 bits per heavy atom. The van der Waals surface area contributed by atoms with E-state index >= 15 is 0 Å². The van der Waals surface area contributed by atoms with E-state index in [2.05, 4.69) is 4.28 Å². The van der Waals surface area contributed by atoms with Crippen LogP contribution in [0.15, 0.2) is 41.3 Å². The van der Waals surface area contributed by atoms with Gasteiger partial charge in [0.2, 0.25) is 0 Å². The molecule has 0 N–H and O–H groups in total. The summed E-state index contributed by atoms with van der Waals surface area (Å²) in [7, 11) is -4.18. The molecule has 7 heteroatoms. The van der Waals surface area contributed by atoms with Crippen LogP contribution in [0.5, 0.6) is 0 Å². The van der Waals surface area contributed by atoms with E-state index in [1.807, 2.05) is 0 Å². The predicted octanol–water partition coefficient (Wildman–Crippen LogP) is 0.540. The van der Waals surface area contributed by atoms with Crippen molar-refractivity contribution in [2.75, 3.05) is 0 Å². The highest BCUT2D eigenvalue weighted by molar-refractivity contribution is 7.86. The van der Waals surface area contributed by atoms with Crippen molar-refractivity contribution >= 4 is 21.9 Å². The van der Waals surface area contributed by atoms with Crippen molar-refractivity contribution in [3.05, 3.63) is 42.0 Å². The van der Waals surface area contributed by atoms with E-state index in [-0.39, 0.29) is 9.96 Å². The molecule has 18 heavy (non-hydrogen) atoms. The maximum Gasteiger partial charge on any atom is 0.318 e. The fraction of sp³-hybridized carbons (Fsp3) is 0.0909. The van der Waals surface area contributed by atoms with Gasteiger partial charge in [-0.15, -0.1) is 9.35 Å². The van der Waals surface area contributed by atoms with Crippen molar-refractivity contribution in [1.82, 2.24) is 5.06 Å². The van der Waals surface area contributed by atoms with Gasteiger partial charge in [-0.05, 0) is 19.1 Å². The van der Waals surface area contributed by atoms with E-state index in [0.717, 1.165) is 17.7 Å². The third-order valence-electron chi connectivity index (χ3n) is 2.25. The predicted molar refractivity (Wildman–Crippen MR) is 60.4 cm³/mol. The molecule has 2 amide bonds. The topological polar surface area (TPSA) is 80.8 Å². The molecule has 1 aromatic carbocycles. The van der Waals surface area contributed by atoms with Crippen LogP contribution < -0.4 is 0 Å². The minimum Gasteiger partial charge on any atom is -0.267 e. The second-order valence-corrected chi connectivity index (χ2v) is 5.17. The first-order chi connectivity index (χ1) is 8.40. The van der Waals surface area contributed by atoms with Crippen LogP contribution in [-0.4, -0.2) is 25.3 Å². The van der Waals surface area contributed by atoms with Gasteiger partial charge in [-0.2, -0.15) is 8.42 Å². The molecule has 0 aliphatic carbocycles. The van der Waals surface area contributed by atoms with Crippen LogP contribution >= 0.6 is 0 Å². The lowest BCUT2D eigenvalue weighted by molar-refractivity contribution is -0.161. The highest BCUT2D eigenvalue weighted by Gasteiger charge is 2.31. The zero-order valence-electron chi connectivity index (χ0n) is 9.36. The first-order valence-electron chi connectivity index (χ1n) is 4.97. The number of hydroxylamine groups is 2. The summed E-state index contributed by atoms with van der Waals surface area (Å²) in [6, 6.07) is 5.84. The number of carbonyl (C=O) groups excluding carboxylic acids is 2. The summed E-state index contributed by atoms with van der Waals surface area (Å²) < 4.78 is 28.1. The van der Waals surface area contributed by atoms with Gasteiger partial charge in [0.15, 0.2) is 0 Å². The summed E-state index contributed by atoms with van der Waals surface area (Å²) in [4.78, 5) is 22.2. The Hall–Kier alpha value is -1.99. The largest absolute Gasteiger partial charge is 0.318 e. The molecule has 0 aromatic heterocycles. The minimum absolute atomic E-state index is 0.124. The fourth-order valence-corrected chi connectivity index (χ4v) is 2.20. The minimum atomic E-state index is -4.18. The average molecular weight is 267 g/mol. The van der Waals surface area contributed by atoms with E-state index in [0.29, 0.717) is 0 Å². The second-order valence-electron chi connectivity index (χ2n) is 3.65. The normalized spacial score (nSPS) is 15.5. The highest BCUT2D eigenvalue weighted by Crippen LogP contribution is 2.16. The number of nitrogens with zero attached hydrogens (tertiary/aromatic N) is 1. The molecule has 0 bridgehead atoms. The summed E-state index contributed by atoms with van der Waals surface area (Å²) in [6.45, 7) is 1.80. The lowest BCUT2D eigenvalue weighted by Crippen LogP contribution is -2.32. The van der Waals surface area contributed by atoms with Crippen molar-refractivity contribution < 1.29 is 22.3 Å². The lowest BCUT2D eigenvalue weighted by atomic mass is 10.2. The molecular weight excluding hydrogens is 258 g/mol. The Kier molecular flexibility index (Phi) is 3.02. The number of amides is 2. The van der Waals surface area contributed by atoms with E-state index in [1.165, 1.54) is 12.1 Å². The van der Waals surface area contributed by atoms with Gasteiger partial charge >= 0.3 is 10.1 Å². The molecule has 0 unspecified atom stereocenters. The summed E-state index contributed by atoms with van der Waals surface area (Å²) in [5.41, 5.74) is 0.879. The monoisotopic (exact) mass is 267 g/mol. The molecule has 2 rings (SSSR count). The Morgan fingerprint density at radius 2 is 1.50 bits per heavy atom. The molecule has 0 fully saturated rings. The quantitative estimate of drug-likeness (QED) is 0.747. The van der Waals surface area contributed by atoms with Crippen LogP contribution in [0, 0.1) is 6.92 Å². The molecule has 0 atom stereocenters. The van der Waals surface area contributed by atoms with Crippen molar-refractivity contribution in [2.24, 2.45) is 0 Å². The maximum absolute atomic E-state index is 11.8. The number of benzene rings is 1. The Morgan fingerprint density at radius 3 is 2.00 bits per heavy atom. The molecule has 1 heterocycles.